The number of benzene rings is 3. The average Bonchev–Trinajstić information content (AvgIpc) is 3.18. The highest BCUT2D eigenvalue weighted by Gasteiger charge is 2.20. The maximum atomic E-state index is 12.6. The summed E-state index contributed by atoms with van der Waals surface area (Å²) in [5, 5.41) is 7.65. The highest BCUT2D eigenvalue weighted by molar-refractivity contribution is 5.90. The van der Waals surface area contributed by atoms with Crippen LogP contribution in [0.15, 0.2) is 78.9 Å². The van der Waals surface area contributed by atoms with E-state index in [1.165, 1.54) is 0 Å². The quantitative estimate of drug-likeness (QED) is 0.356. The van der Waals surface area contributed by atoms with Crippen molar-refractivity contribution in [1.29, 1.82) is 0 Å². The number of carbonyl (C=O) groups excluding carboxylic acids is 1. The molecule has 174 valence electrons. The summed E-state index contributed by atoms with van der Waals surface area (Å²) < 4.78 is 18.7. The van der Waals surface area contributed by atoms with E-state index >= 15 is 0 Å². The molecule has 0 atom stereocenters. The zero-order chi connectivity index (χ0) is 23.9. The fourth-order valence-electron chi connectivity index (χ4n) is 3.59. The first kappa shape index (κ1) is 22.9. The predicted octanol–water partition coefficient (Wildman–Crippen LogP) is 5.56. The van der Waals surface area contributed by atoms with E-state index in [0.717, 1.165) is 28.4 Å². The normalized spacial score (nSPS) is 10.6. The second-order valence-corrected chi connectivity index (χ2v) is 7.67. The minimum atomic E-state index is -0.0740. The van der Waals surface area contributed by atoms with Crippen molar-refractivity contribution >= 4 is 11.6 Å². The second-order valence-electron chi connectivity index (χ2n) is 7.67. The third kappa shape index (κ3) is 5.38. The molecule has 0 saturated heterocycles. The van der Waals surface area contributed by atoms with Gasteiger partial charge in [-0.3, -0.25) is 4.79 Å². The third-order valence-corrected chi connectivity index (χ3v) is 5.37. The molecule has 0 unspecified atom stereocenters. The van der Waals surface area contributed by atoms with Crippen LogP contribution in [-0.4, -0.2) is 29.9 Å². The molecule has 3 aromatic carbocycles. The lowest BCUT2D eigenvalue weighted by Gasteiger charge is -2.13. The van der Waals surface area contributed by atoms with Gasteiger partial charge < -0.3 is 19.5 Å². The Morgan fingerprint density at radius 3 is 2.29 bits per heavy atom. The number of nitrogens with zero attached hydrogens (tertiary/aromatic N) is 2. The van der Waals surface area contributed by atoms with Crippen LogP contribution in [0.5, 0.6) is 23.1 Å². The largest absolute Gasteiger partial charge is 0.497 e. The first-order valence-corrected chi connectivity index (χ1v) is 11.0. The molecule has 0 saturated carbocycles. The summed E-state index contributed by atoms with van der Waals surface area (Å²) in [7, 11) is 3.24. The molecule has 1 heterocycles. The van der Waals surface area contributed by atoms with E-state index < -0.39 is 0 Å². The topological polar surface area (TPSA) is 74.6 Å². The third-order valence-electron chi connectivity index (χ3n) is 5.37. The smallest absolute Gasteiger partial charge is 0.226 e. The Hall–Kier alpha value is -4.26. The van der Waals surface area contributed by atoms with Gasteiger partial charge in [0.15, 0.2) is 0 Å². The Morgan fingerprint density at radius 2 is 1.59 bits per heavy atom. The number of rotatable bonds is 9. The second kappa shape index (κ2) is 10.6. The van der Waals surface area contributed by atoms with Crippen LogP contribution in [0.4, 0.5) is 5.69 Å². The van der Waals surface area contributed by atoms with Crippen LogP contribution in [0.25, 0.3) is 5.69 Å². The minimum absolute atomic E-state index is 0.0740. The monoisotopic (exact) mass is 457 g/mol. The van der Waals surface area contributed by atoms with Crippen LogP contribution >= 0.6 is 0 Å². The molecule has 4 aromatic rings. The van der Waals surface area contributed by atoms with Crippen molar-refractivity contribution in [2.24, 2.45) is 0 Å². The number of hydrogen-bond acceptors (Lipinski definition) is 5. The van der Waals surface area contributed by atoms with Crippen molar-refractivity contribution in [2.45, 2.75) is 19.8 Å². The Kier molecular flexibility index (Phi) is 7.13. The first-order valence-electron chi connectivity index (χ1n) is 11.0. The number of amides is 1. The van der Waals surface area contributed by atoms with Gasteiger partial charge in [-0.15, -0.1) is 0 Å². The lowest BCUT2D eigenvalue weighted by atomic mass is 10.1. The number of hydrogen-bond donors (Lipinski definition) is 1. The van der Waals surface area contributed by atoms with Crippen molar-refractivity contribution in [2.75, 3.05) is 19.5 Å². The molecule has 7 nitrogen and oxygen atoms in total. The van der Waals surface area contributed by atoms with Gasteiger partial charge in [-0.2, -0.15) is 5.10 Å². The van der Waals surface area contributed by atoms with Crippen LogP contribution in [0.3, 0.4) is 0 Å². The molecule has 4 rings (SSSR count). The molecule has 0 radical (unpaired) electrons. The number of ether oxygens (including phenoxy) is 3. The summed E-state index contributed by atoms with van der Waals surface area (Å²) in [5.41, 5.74) is 3.25. The van der Waals surface area contributed by atoms with Crippen molar-refractivity contribution in [3.63, 3.8) is 0 Å². The molecule has 34 heavy (non-hydrogen) atoms. The van der Waals surface area contributed by atoms with E-state index in [0.29, 0.717) is 30.2 Å². The van der Waals surface area contributed by atoms with E-state index in [1.807, 2.05) is 85.8 Å². The van der Waals surface area contributed by atoms with Gasteiger partial charge in [-0.1, -0.05) is 24.3 Å². The SMILES string of the molecule is COc1ccc(-n2nc(C)c(CCC(=O)Nc3ccccc3)c2Oc2cccc(OC)c2)cc1. The van der Waals surface area contributed by atoms with Crippen LogP contribution in [0, 0.1) is 6.92 Å². The predicted molar refractivity (Wildman–Crippen MR) is 131 cm³/mol. The summed E-state index contributed by atoms with van der Waals surface area (Å²) in [6, 6.07) is 24.4. The molecular formula is C27H27N3O4. The highest BCUT2D eigenvalue weighted by Crippen LogP contribution is 2.33. The number of anilines is 1. The van der Waals surface area contributed by atoms with E-state index in [9.17, 15) is 4.79 Å². The zero-order valence-corrected chi connectivity index (χ0v) is 19.4. The summed E-state index contributed by atoms with van der Waals surface area (Å²) in [6.45, 7) is 1.92. The van der Waals surface area contributed by atoms with Gasteiger partial charge in [0.05, 0.1) is 25.6 Å². The number of carbonyl (C=O) groups is 1. The fraction of sp³-hybridized carbons (Fsp3) is 0.185. The Labute approximate surface area is 198 Å². The van der Waals surface area contributed by atoms with Gasteiger partial charge in [0.1, 0.15) is 17.2 Å². The molecule has 0 aliphatic rings. The van der Waals surface area contributed by atoms with Gasteiger partial charge in [-0.05, 0) is 61.9 Å². The number of nitrogens with one attached hydrogen (secondary N) is 1. The van der Waals surface area contributed by atoms with Crippen molar-refractivity contribution in [1.82, 2.24) is 9.78 Å². The number of methoxy groups -OCH3 is 2. The molecule has 7 heteroatoms. The molecule has 0 fully saturated rings. The van der Waals surface area contributed by atoms with Crippen LogP contribution in [-0.2, 0) is 11.2 Å². The molecule has 0 bridgehead atoms. The number of aryl methyl sites for hydroxylation is 1. The van der Waals surface area contributed by atoms with E-state index in [1.54, 1.807) is 18.9 Å². The molecule has 1 N–H and O–H groups in total. The molecule has 1 aromatic heterocycles. The summed E-state index contributed by atoms with van der Waals surface area (Å²) in [4.78, 5) is 12.6. The first-order chi connectivity index (χ1) is 16.6. The Morgan fingerprint density at radius 1 is 0.882 bits per heavy atom. The lowest BCUT2D eigenvalue weighted by molar-refractivity contribution is -0.116. The van der Waals surface area contributed by atoms with Crippen LogP contribution < -0.4 is 19.5 Å². The van der Waals surface area contributed by atoms with Gasteiger partial charge in [-0.25, -0.2) is 4.68 Å². The fourth-order valence-corrected chi connectivity index (χ4v) is 3.59. The van der Waals surface area contributed by atoms with Crippen molar-refractivity contribution < 1.29 is 19.0 Å². The van der Waals surface area contributed by atoms with Gasteiger partial charge in [0.2, 0.25) is 11.8 Å². The molecule has 0 spiro atoms. The standard InChI is InChI=1S/C27H27N3O4/c1-19-25(16-17-26(31)28-20-8-5-4-6-9-20)27(34-24-11-7-10-23(18-24)33-3)30(29-19)21-12-14-22(32-2)15-13-21/h4-15,18H,16-17H2,1-3H3,(H,28,31). The summed E-state index contributed by atoms with van der Waals surface area (Å²) in [6.07, 6.45) is 0.762. The number of para-hydroxylation sites is 1. The molecular weight excluding hydrogens is 430 g/mol. The molecule has 0 aliphatic carbocycles. The average molecular weight is 458 g/mol. The summed E-state index contributed by atoms with van der Waals surface area (Å²) >= 11 is 0. The van der Waals surface area contributed by atoms with E-state index in [2.05, 4.69) is 5.32 Å². The highest BCUT2D eigenvalue weighted by atomic mass is 16.5. The zero-order valence-electron chi connectivity index (χ0n) is 19.4. The van der Waals surface area contributed by atoms with E-state index in [-0.39, 0.29) is 5.91 Å². The number of aromatic nitrogens is 2. The summed E-state index contributed by atoms with van der Waals surface area (Å²) in [5.74, 6) is 2.54. The molecule has 1 amide bonds. The maximum Gasteiger partial charge on any atom is 0.226 e. The van der Waals surface area contributed by atoms with Gasteiger partial charge in [0.25, 0.3) is 0 Å². The molecule has 0 aliphatic heterocycles. The van der Waals surface area contributed by atoms with E-state index in [4.69, 9.17) is 19.3 Å². The van der Waals surface area contributed by atoms with Gasteiger partial charge in [0, 0.05) is 23.7 Å². The van der Waals surface area contributed by atoms with Crippen LogP contribution in [0.1, 0.15) is 17.7 Å². The van der Waals surface area contributed by atoms with Gasteiger partial charge >= 0.3 is 0 Å². The van der Waals surface area contributed by atoms with Crippen molar-refractivity contribution in [3.05, 3.63) is 90.1 Å². The van der Waals surface area contributed by atoms with Crippen molar-refractivity contribution in [3.8, 4) is 28.8 Å². The minimum Gasteiger partial charge on any atom is -0.497 e. The lowest BCUT2D eigenvalue weighted by Crippen LogP contribution is -2.12. The maximum absolute atomic E-state index is 12.6. The Balaban J connectivity index is 1.63. The van der Waals surface area contributed by atoms with Crippen LogP contribution in [0.2, 0.25) is 0 Å². The Bertz CT molecular complexity index is 1250.